The summed E-state index contributed by atoms with van der Waals surface area (Å²) < 4.78 is 6.90. The molecule has 138 valence electrons. The molecule has 3 rings (SSSR count). The molecule has 0 saturated heterocycles. The van der Waals surface area contributed by atoms with E-state index in [2.05, 4.69) is 0 Å². The van der Waals surface area contributed by atoms with Crippen molar-refractivity contribution in [3.63, 3.8) is 0 Å². The molecule has 0 amide bonds. The third-order valence-corrected chi connectivity index (χ3v) is 4.27. The number of rotatable bonds is 5. The van der Waals surface area contributed by atoms with Crippen LogP contribution in [0.25, 0.3) is 22.0 Å². The maximum atomic E-state index is 12.9. The summed E-state index contributed by atoms with van der Waals surface area (Å²) in [5.41, 5.74) is -0.149. The van der Waals surface area contributed by atoms with Crippen molar-refractivity contribution < 1.29 is 19.7 Å². The average molecular weight is 367 g/mol. The lowest BCUT2D eigenvalue weighted by atomic mass is 10.00. The van der Waals surface area contributed by atoms with E-state index in [0.717, 1.165) is 4.57 Å². The van der Waals surface area contributed by atoms with Gasteiger partial charge >= 0.3 is 0 Å². The lowest BCUT2D eigenvalue weighted by Gasteiger charge is -2.17. The van der Waals surface area contributed by atoms with Gasteiger partial charge in [0.2, 0.25) is 5.69 Å². The van der Waals surface area contributed by atoms with E-state index in [0.29, 0.717) is 15.9 Å². The van der Waals surface area contributed by atoms with Crippen molar-refractivity contribution in [2.24, 2.45) is 0 Å². The van der Waals surface area contributed by atoms with E-state index in [1.165, 1.54) is 13.3 Å². The fourth-order valence-corrected chi connectivity index (χ4v) is 2.99. The number of methoxy groups -OCH3 is 1. The van der Waals surface area contributed by atoms with Crippen LogP contribution in [0.5, 0.6) is 5.75 Å². The Morgan fingerprint density at radius 2 is 2.11 bits per heavy atom. The molecule has 3 aromatic rings. The monoisotopic (exact) mass is 367 g/mol. The molecule has 27 heavy (non-hydrogen) atoms. The third-order valence-electron chi connectivity index (χ3n) is 4.27. The van der Waals surface area contributed by atoms with Gasteiger partial charge in [-0.15, -0.1) is 0 Å². The number of hydrogen-bond donors (Lipinski definition) is 2. The molecule has 8 heteroatoms. The van der Waals surface area contributed by atoms with E-state index in [4.69, 9.17) is 9.84 Å². The highest BCUT2D eigenvalue weighted by Gasteiger charge is 2.24. The zero-order valence-corrected chi connectivity index (χ0v) is 14.5. The molecule has 1 unspecified atom stereocenters. The number of fused-ring (bicyclic) bond motifs is 1. The molecule has 0 aliphatic carbocycles. The minimum atomic E-state index is -1.23. The SMILES string of the molecule is COc1ccc2c(=O)n(CC(O)CO)c(C#N)c(-c3cccc[n+]3[O-])c2c1. The number of aliphatic hydroxyl groups is 2. The van der Waals surface area contributed by atoms with Crippen LogP contribution < -0.4 is 15.0 Å². The normalized spacial score (nSPS) is 11.9. The molecule has 2 N–H and O–H groups in total. The maximum absolute atomic E-state index is 12.9. The van der Waals surface area contributed by atoms with Crippen LogP contribution >= 0.6 is 0 Å². The van der Waals surface area contributed by atoms with Gasteiger partial charge in [-0.25, -0.2) is 0 Å². The zero-order chi connectivity index (χ0) is 19.6. The molecule has 0 radical (unpaired) electrons. The predicted octanol–water partition coefficient (Wildman–Crippen LogP) is 0.535. The van der Waals surface area contributed by atoms with Gasteiger partial charge in [0.15, 0.2) is 6.20 Å². The summed E-state index contributed by atoms with van der Waals surface area (Å²) in [6, 6.07) is 11.4. The molecule has 0 spiro atoms. The quantitative estimate of drug-likeness (QED) is 0.501. The van der Waals surface area contributed by atoms with Gasteiger partial charge in [-0.2, -0.15) is 9.99 Å². The van der Waals surface area contributed by atoms with Gasteiger partial charge in [-0.1, -0.05) is 0 Å². The molecular formula is C19H17N3O5. The van der Waals surface area contributed by atoms with E-state index in [-0.39, 0.29) is 28.9 Å². The first-order chi connectivity index (χ1) is 13.0. The van der Waals surface area contributed by atoms with Crippen molar-refractivity contribution in [2.45, 2.75) is 12.6 Å². The molecular weight excluding hydrogens is 350 g/mol. The van der Waals surface area contributed by atoms with Gasteiger partial charge in [-0.05, 0) is 24.3 Å². The number of ether oxygens (including phenoxy) is 1. The highest BCUT2D eigenvalue weighted by Crippen LogP contribution is 2.31. The number of nitriles is 1. The zero-order valence-electron chi connectivity index (χ0n) is 14.5. The van der Waals surface area contributed by atoms with E-state index < -0.39 is 18.3 Å². The van der Waals surface area contributed by atoms with Crippen LogP contribution in [0.2, 0.25) is 0 Å². The van der Waals surface area contributed by atoms with Gasteiger partial charge in [0.25, 0.3) is 5.56 Å². The van der Waals surface area contributed by atoms with Gasteiger partial charge in [0.1, 0.15) is 17.5 Å². The fourth-order valence-electron chi connectivity index (χ4n) is 2.99. The molecule has 1 atom stereocenters. The van der Waals surface area contributed by atoms with Gasteiger partial charge in [0.05, 0.1) is 31.9 Å². The number of pyridine rings is 2. The number of hydrogen-bond acceptors (Lipinski definition) is 6. The van der Waals surface area contributed by atoms with Crippen molar-refractivity contribution in [1.29, 1.82) is 5.26 Å². The Balaban J connectivity index is 2.49. The molecule has 0 fully saturated rings. The molecule has 0 bridgehead atoms. The minimum Gasteiger partial charge on any atom is -0.618 e. The minimum absolute atomic E-state index is 0.0796. The summed E-state index contributed by atoms with van der Waals surface area (Å²) in [5, 5.41) is 41.7. The maximum Gasteiger partial charge on any atom is 0.259 e. The Morgan fingerprint density at radius 1 is 1.33 bits per heavy atom. The first-order valence-electron chi connectivity index (χ1n) is 8.14. The second-order valence-electron chi connectivity index (χ2n) is 5.91. The predicted molar refractivity (Wildman–Crippen MR) is 97.0 cm³/mol. The second-order valence-corrected chi connectivity index (χ2v) is 5.91. The Morgan fingerprint density at radius 3 is 2.74 bits per heavy atom. The van der Waals surface area contributed by atoms with E-state index in [9.17, 15) is 20.4 Å². The topological polar surface area (TPSA) is 122 Å². The van der Waals surface area contributed by atoms with Crippen LogP contribution in [-0.4, -0.2) is 34.6 Å². The van der Waals surface area contributed by atoms with Crippen LogP contribution in [0.4, 0.5) is 0 Å². The molecule has 8 nitrogen and oxygen atoms in total. The van der Waals surface area contributed by atoms with Crippen LogP contribution in [0.3, 0.4) is 0 Å². The van der Waals surface area contributed by atoms with Gasteiger partial charge in [-0.3, -0.25) is 9.36 Å². The summed E-state index contributed by atoms with van der Waals surface area (Å²) in [4.78, 5) is 12.9. The van der Waals surface area contributed by atoms with Crippen molar-refractivity contribution in [1.82, 2.24) is 4.57 Å². The van der Waals surface area contributed by atoms with Crippen molar-refractivity contribution >= 4 is 10.8 Å². The molecule has 0 saturated carbocycles. The highest BCUT2D eigenvalue weighted by atomic mass is 16.5. The second kappa shape index (κ2) is 7.45. The van der Waals surface area contributed by atoms with E-state index in [1.807, 2.05) is 6.07 Å². The Bertz CT molecular complexity index is 1100. The number of benzene rings is 1. The summed E-state index contributed by atoms with van der Waals surface area (Å²) >= 11 is 0. The lowest BCUT2D eigenvalue weighted by Crippen LogP contribution is -2.33. The summed E-state index contributed by atoms with van der Waals surface area (Å²) in [5.74, 6) is 0.466. The molecule has 0 aliphatic rings. The average Bonchev–Trinajstić information content (AvgIpc) is 2.69. The van der Waals surface area contributed by atoms with Crippen LogP contribution in [0.1, 0.15) is 5.69 Å². The van der Waals surface area contributed by atoms with Gasteiger partial charge < -0.3 is 20.2 Å². The summed E-state index contributed by atoms with van der Waals surface area (Å²) in [6.45, 7) is -0.848. The summed E-state index contributed by atoms with van der Waals surface area (Å²) in [6.07, 6.45) is 0.0639. The smallest absolute Gasteiger partial charge is 0.259 e. The standard InChI is InChI=1S/C19H17N3O5/c1-27-13-5-6-14-15(8-13)18(16-4-2-3-7-22(16)26)17(9-20)21(19(14)25)10-12(24)11-23/h2-8,12,23-24H,10-11H2,1H3. The van der Waals surface area contributed by atoms with E-state index >= 15 is 0 Å². The highest BCUT2D eigenvalue weighted by molar-refractivity contribution is 5.97. The van der Waals surface area contributed by atoms with Gasteiger partial charge in [0, 0.05) is 22.9 Å². The first-order valence-corrected chi connectivity index (χ1v) is 8.14. The van der Waals surface area contributed by atoms with Crippen molar-refractivity contribution in [2.75, 3.05) is 13.7 Å². The number of aliphatic hydroxyl groups excluding tert-OH is 2. The Kier molecular flexibility index (Phi) is 5.07. The first kappa shape index (κ1) is 18.4. The fraction of sp³-hybridized carbons (Fsp3) is 0.211. The Labute approximate surface area is 154 Å². The van der Waals surface area contributed by atoms with Crippen LogP contribution in [0.15, 0.2) is 47.4 Å². The van der Waals surface area contributed by atoms with Crippen molar-refractivity contribution in [3.8, 4) is 23.1 Å². The molecule has 0 aliphatic heterocycles. The van der Waals surface area contributed by atoms with E-state index in [1.54, 1.807) is 36.4 Å². The Hall–Kier alpha value is -3.41. The largest absolute Gasteiger partial charge is 0.618 e. The lowest BCUT2D eigenvalue weighted by molar-refractivity contribution is -0.593. The third kappa shape index (κ3) is 3.21. The van der Waals surface area contributed by atoms with Crippen LogP contribution in [0, 0.1) is 16.5 Å². The van der Waals surface area contributed by atoms with Crippen LogP contribution in [-0.2, 0) is 6.54 Å². The number of aromatic nitrogens is 2. The number of nitrogens with zero attached hydrogens (tertiary/aromatic N) is 3. The molecule has 1 aromatic carbocycles. The molecule has 2 heterocycles. The van der Waals surface area contributed by atoms with Crippen molar-refractivity contribution in [3.05, 3.63) is 63.9 Å². The summed E-state index contributed by atoms with van der Waals surface area (Å²) in [7, 11) is 1.47. The molecule has 2 aromatic heterocycles.